The molecule has 1 saturated carbocycles. The standard InChI is InChI=1S/C14H20N2O2/c1-11(15-10-14(2)8-3-9-14)12-4-6-13(7-5-12)16(17)18/h4-7,11,15H,3,8-10H2,1-2H3. The number of hydrogen-bond donors (Lipinski definition) is 1. The van der Waals surface area contributed by atoms with E-state index in [2.05, 4.69) is 19.2 Å². The van der Waals surface area contributed by atoms with Crippen LogP contribution in [0.15, 0.2) is 24.3 Å². The summed E-state index contributed by atoms with van der Waals surface area (Å²) in [5.74, 6) is 0. The summed E-state index contributed by atoms with van der Waals surface area (Å²) in [4.78, 5) is 10.2. The van der Waals surface area contributed by atoms with E-state index in [0.29, 0.717) is 5.41 Å². The molecule has 1 fully saturated rings. The quantitative estimate of drug-likeness (QED) is 0.641. The number of nitrogens with zero attached hydrogens (tertiary/aromatic N) is 1. The van der Waals surface area contributed by atoms with Crippen LogP contribution in [0.5, 0.6) is 0 Å². The van der Waals surface area contributed by atoms with E-state index in [-0.39, 0.29) is 16.7 Å². The van der Waals surface area contributed by atoms with Crippen molar-refractivity contribution in [2.45, 2.75) is 39.2 Å². The van der Waals surface area contributed by atoms with E-state index >= 15 is 0 Å². The van der Waals surface area contributed by atoms with Crippen molar-refractivity contribution in [2.75, 3.05) is 6.54 Å². The summed E-state index contributed by atoms with van der Waals surface area (Å²) in [6.45, 7) is 5.43. The third kappa shape index (κ3) is 2.88. The van der Waals surface area contributed by atoms with Crippen LogP contribution in [0.2, 0.25) is 0 Å². The Morgan fingerprint density at radius 1 is 1.39 bits per heavy atom. The molecule has 1 aromatic carbocycles. The fraction of sp³-hybridized carbons (Fsp3) is 0.571. The zero-order chi connectivity index (χ0) is 13.2. The van der Waals surface area contributed by atoms with Gasteiger partial charge in [-0.05, 0) is 30.7 Å². The first-order valence-corrected chi connectivity index (χ1v) is 6.48. The molecule has 0 radical (unpaired) electrons. The molecule has 0 bridgehead atoms. The number of non-ortho nitro benzene ring substituents is 1. The lowest BCUT2D eigenvalue weighted by atomic mass is 9.70. The summed E-state index contributed by atoms with van der Waals surface area (Å²) in [5.41, 5.74) is 1.70. The second-order valence-corrected chi connectivity index (χ2v) is 5.62. The number of rotatable bonds is 5. The second-order valence-electron chi connectivity index (χ2n) is 5.62. The van der Waals surface area contributed by atoms with Gasteiger partial charge in [-0.2, -0.15) is 0 Å². The van der Waals surface area contributed by atoms with E-state index < -0.39 is 0 Å². The Morgan fingerprint density at radius 3 is 2.44 bits per heavy atom. The molecular formula is C14H20N2O2. The summed E-state index contributed by atoms with van der Waals surface area (Å²) < 4.78 is 0. The van der Waals surface area contributed by atoms with Gasteiger partial charge in [-0.25, -0.2) is 0 Å². The SMILES string of the molecule is CC(NCC1(C)CCC1)c1ccc([N+](=O)[O-])cc1. The summed E-state index contributed by atoms with van der Waals surface area (Å²) in [7, 11) is 0. The third-order valence-corrected chi connectivity index (χ3v) is 4.00. The normalized spacial score (nSPS) is 19.0. The number of nitrogens with one attached hydrogen (secondary N) is 1. The van der Waals surface area contributed by atoms with Crippen LogP contribution in [-0.2, 0) is 0 Å². The molecule has 98 valence electrons. The van der Waals surface area contributed by atoms with Gasteiger partial charge >= 0.3 is 0 Å². The minimum absolute atomic E-state index is 0.150. The lowest BCUT2D eigenvalue weighted by molar-refractivity contribution is -0.384. The average Bonchev–Trinajstić information content (AvgIpc) is 2.33. The Hall–Kier alpha value is -1.42. The maximum absolute atomic E-state index is 10.6. The minimum atomic E-state index is -0.364. The molecule has 0 spiro atoms. The fourth-order valence-corrected chi connectivity index (χ4v) is 2.36. The average molecular weight is 248 g/mol. The van der Waals surface area contributed by atoms with E-state index in [0.717, 1.165) is 12.1 Å². The van der Waals surface area contributed by atoms with Gasteiger partial charge in [0.25, 0.3) is 5.69 Å². The molecule has 0 aliphatic heterocycles. The second kappa shape index (κ2) is 5.06. The minimum Gasteiger partial charge on any atom is -0.310 e. The fourth-order valence-electron chi connectivity index (χ4n) is 2.36. The first kappa shape index (κ1) is 13.0. The number of benzene rings is 1. The molecule has 1 aliphatic carbocycles. The van der Waals surface area contributed by atoms with Gasteiger partial charge in [0, 0.05) is 24.7 Å². The molecule has 1 N–H and O–H groups in total. The van der Waals surface area contributed by atoms with Gasteiger partial charge in [0.05, 0.1) is 4.92 Å². The highest BCUT2D eigenvalue weighted by Gasteiger charge is 2.31. The van der Waals surface area contributed by atoms with Crippen molar-refractivity contribution >= 4 is 5.69 Å². The monoisotopic (exact) mass is 248 g/mol. The zero-order valence-corrected chi connectivity index (χ0v) is 11.0. The number of hydrogen-bond acceptors (Lipinski definition) is 3. The molecular weight excluding hydrogens is 228 g/mol. The van der Waals surface area contributed by atoms with Gasteiger partial charge in [0.2, 0.25) is 0 Å². The number of nitro groups is 1. The van der Waals surface area contributed by atoms with Crippen LogP contribution in [0.3, 0.4) is 0 Å². The van der Waals surface area contributed by atoms with Crippen LogP contribution in [0.4, 0.5) is 5.69 Å². The molecule has 2 rings (SSSR count). The molecule has 1 unspecified atom stereocenters. The highest BCUT2D eigenvalue weighted by atomic mass is 16.6. The first-order chi connectivity index (χ1) is 8.50. The van der Waals surface area contributed by atoms with Crippen LogP contribution < -0.4 is 5.32 Å². The molecule has 4 heteroatoms. The van der Waals surface area contributed by atoms with E-state index in [1.165, 1.54) is 19.3 Å². The van der Waals surface area contributed by atoms with Crippen molar-refractivity contribution in [3.8, 4) is 0 Å². The van der Waals surface area contributed by atoms with Crippen molar-refractivity contribution in [1.82, 2.24) is 5.32 Å². The largest absolute Gasteiger partial charge is 0.310 e. The van der Waals surface area contributed by atoms with E-state index in [1.807, 2.05) is 12.1 Å². The highest BCUT2D eigenvalue weighted by Crippen LogP contribution is 2.39. The van der Waals surface area contributed by atoms with Crippen LogP contribution in [0.1, 0.15) is 44.7 Å². The van der Waals surface area contributed by atoms with Crippen molar-refractivity contribution in [3.63, 3.8) is 0 Å². The van der Waals surface area contributed by atoms with Crippen LogP contribution in [-0.4, -0.2) is 11.5 Å². The van der Waals surface area contributed by atoms with Gasteiger partial charge in [0.1, 0.15) is 0 Å². The molecule has 0 saturated heterocycles. The molecule has 1 aromatic rings. The predicted octanol–water partition coefficient (Wildman–Crippen LogP) is 3.44. The lowest BCUT2D eigenvalue weighted by Crippen LogP contribution is -2.38. The predicted molar refractivity (Wildman–Crippen MR) is 71.5 cm³/mol. The Kier molecular flexibility index (Phi) is 3.66. The summed E-state index contributed by atoms with van der Waals surface area (Å²) >= 11 is 0. The molecule has 0 amide bonds. The molecule has 4 nitrogen and oxygen atoms in total. The zero-order valence-electron chi connectivity index (χ0n) is 11.0. The van der Waals surface area contributed by atoms with E-state index in [4.69, 9.17) is 0 Å². The number of nitro benzene ring substituents is 1. The third-order valence-electron chi connectivity index (χ3n) is 4.00. The summed E-state index contributed by atoms with van der Waals surface area (Å²) in [6, 6.07) is 7.04. The Morgan fingerprint density at radius 2 is 2.00 bits per heavy atom. The van der Waals surface area contributed by atoms with Gasteiger partial charge in [-0.15, -0.1) is 0 Å². The highest BCUT2D eigenvalue weighted by molar-refractivity contribution is 5.34. The Balaban J connectivity index is 1.91. The maximum atomic E-state index is 10.6. The van der Waals surface area contributed by atoms with Crippen LogP contribution in [0, 0.1) is 15.5 Å². The van der Waals surface area contributed by atoms with Gasteiger partial charge in [-0.3, -0.25) is 10.1 Å². The van der Waals surface area contributed by atoms with Crippen molar-refractivity contribution in [2.24, 2.45) is 5.41 Å². The van der Waals surface area contributed by atoms with Crippen molar-refractivity contribution in [3.05, 3.63) is 39.9 Å². The summed E-state index contributed by atoms with van der Waals surface area (Å²) in [6.07, 6.45) is 3.93. The van der Waals surface area contributed by atoms with Crippen molar-refractivity contribution < 1.29 is 4.92 Å². The molecule has 0 heterocycles. The molecule has 1 aliphatic rings. The maximum Gasteiger partial charge on any atom is 0.269 e. The Labute approximate surface area is 108 Å². The lowest BCUT2D eigenvalue weighted by Gasteiger charge is -2.39. The first-order valence-electron chi connectivity index (χ1n) is 6.48. The molecule has 1 atom stereocenters. The van der Waals surface area contributed by atoms with Crippen LogP contribution in [0.25, 0.3) is 0 Å². The van der Waals surface area contributed by atoms with Gasteiger partial charge in [0.15, 0.2) is 0 Å². The smallest absolute Gasteiger partial charge is 0.269 e. The van der Waals surface area contributed by atoms with Gasteiger partial charge in [-0.1, -0.05) is 25.5 Å². The molecule has 18 heavy (non-hydrogen) atoms. The van der Waals surface area contributed by atoms with Gasteiger partial charge < -0.3 is 5.32 Å². The summed E-state index contributed by atoms with van der Waals surface area (Å²) in [5, 5.41) is 14.1. The van der Waals surface area contributed by atoms with Crippen molar-refractivity contribution in [1.29, 1.82) is 0 Å². The topological polar surface area (TPSA) is 55.2 Å². The van der Waals surface area contributed by atoms with E-state index in [9.17, 15) is 10.1 Å². The molecule has 0 aromatic heterocycles. The van der Waals surface area contributed by atoms with E-state index in [1.54, 1.807) is 12.1 Å². The van der Waals surface area contributed by atoms with Crippen LogP contribution >= 0.6 is 0 Å². The Bertz CT molecular complexity index is 424.